The van der Waals surface area contributed by atoms with Crippen LogP contribution in [0.1, 0.15) is 36.0 Å². The van der Waals surface area contributed by atoms with Crippen LogP contribution in [0.5, 0.6) is 5.75 Å². The van der Waals surface area contributed by atoms with Crippen LogP contribution < -0.4 is 10.1 Å². The van der Waals surface area contributed by atoms with Crippen LogP contribution in [0.3, 0.4) is 0 Å². The van der Waals surface area contributed by atoms with Gasteiger partial charge >= 0.3 is 0 Å². The average Bonchev–Trinajstić information content (AvgIpc) is 3.17. The number of amides is 2. The number of benzene rings is 1. The quantitative estimate of drug-likeness (QED) is 0.834. The van der Waals surface area contributed by atoms with Crippen LogP contribution in [-0.4, -0.2) is 68.0 Å². The van der Waals surface area contributed by atoms with Gasteiger partial charge in [0.25, 0.3) is 5.91 Å². The van der Waals surface area contributed by atoms with Gasteiger partial charge in [-0.2, -0.15) is 0 Å². The minimum absolute atomic E-state index is 0.0738. The van der Waals surface area contributed by atoms with Gasteiger partial charge in [0.2, 0.25) is 5.91 Å². The number of rotatable bonds is 5. The monoisotopic (exact) mass is 393 g/mol. The van der Waals surface area contributed by atoms with Crippen LogP contribution in [0.4, 0.5) is 0 Å². The highest BCUT2D eigenvalue weighted by atomic mass is 35.5. The van der Waals surface area contributed by atoms with E-state index in [2.05, 4.69) is 5.32 Å². The van der Waals surface area contributed by atoms with Gasteiger partial charge in [-0.05, 0) is 63.4 Å². The van der Waals surface area contributed by atoms with Gasteiger partial charge in [-0.1, -0.05) is 11.6 Å². The largest absolute Gasteiger partial charge is 0.496 e. The van der Waals surface area contributed by atoms with E-state index in [1.807, 2.05) is 11.9 Å². The molecule has 2 saturated heterocycles. The first-order valence-corrected chi connectivity index (χ1v) is 10.0. The van der Waals surface area contributed by atoms with Crippen molar-refractivity contribution in [2.75, 3.05) is 40.3 Å². The van der Waals surface area contributed by atoms with E-state index in [1.165, 1.54) is 7.11 Å². The molecule has 0 aromatic heterocycles. The van der Waals surface area contributed by atoms with Crippen LogP contribution in [0.2, 0.25) is 5.02 Å². The van der Waals surface area contributed by atoms with Crippen molar-refractivity contribution in [3.8, 4) is 5.75 Å². The first kappa shape index (κ1) is 20.0. The molecule has 0 spiro atoms. The molecule has 0 aliphatic carbocycles. The summed E-state index contributed by atoms with van der Waals surface area (Å²) in [6, 6.07) is 4.61. The number of carbonyl (C=O) groups excluding carboxylic acids is 2. The van der Waals surface area contributed by atoms with Gasteiger partial charge in [0.1, 0.15) is 11.8 Å². The Bertz CT molecular complexity index is 689. The Morgan fingerprint density at radius 2 is 1.96 bits per heavy atom. The Morgan fingerprint density at radius 1 is 1.22 bits per heavy atom. The molecular formula is C20H28ClN3O3. The van der Waals surface area contributed by atoms with E-state index in [0.717, 1.165) is 38.9 Å². The Labute approximate surface area is 165 Å². The van der Waals surface area contributed by atoms with Gasteiger partial charge in [-0.3, -0.25) is 9.59 Å². The molecule has 148 valence electrons. The molecule has 6 nitrogen and oxygen atoms in total. The van der Waals surface area contributed by atoms with Crippen molar-refractivity contribution in [2.24, 2.45) is 5.92 Å². The number of ether oxygens (including phenoxy) is 1. The number of nitrogens with one attached hydrogen (secondary N) is 1. The summed E-state index contributed by atoms with van der Waals surface area (Å²) in [5.74, 6) is 0.992. The summed E-state index contributed by atoms with van der Waals surface area (Å²) < 4.78 is 5.32. The molecule has 1 aromatic rings. The average molecular weight is 394 g/mol. The van der Waals surface area contributed by atoms with Crippen LogP contribution in [0, 0.1) is 5.92 Å². The summed E-state index contributed by atoms with van der Waals surface area (Å²) in [5, 5.41) is 3.69. The zero-order chi connectivity index (χ0) is 19.4. The summed E-state index contributed by atoms with van der Waals surface area (Å²) in [7, 11) is 3.49. The van der Waals surface area contributed by atoms with Crippen LogP contribution in [0.25, 0.3) is 0 Å². The zero-order valence-electron chi connectivity index (χ0n) is 16.0. The maximum Gasteiger partial charge on any atom is 0.258 e. The van der Waals surface area contributed by atoms with Gasteiger partial charge in [-0.25, -0.2) is 0 Å². The van der Waals surface area contributed by atoms with Crippen molar-refractivity contribution < 1.29 is 14.3 Å². The Morgan fingerprint density at radius 3 is 2.63 bits per heavy atom. The lowest BCUT2D eigenvalue weighted by Crippen LogP contribution is -2.50. The van der Waals surface area contributed by atoms with E-state index in [9.17, 15) is 9.59 Å². The van der Waals surface area contributed by atoms with Crippen LogP contribution >= 0.6 is 11.6 Å². The van der Waals surface area contributed by atoms with Crippen LogP contribution in [0.15, 0.2) is 18.2 Å². The molecule has 0 bridgehead atoms. The normalized spacial score (nSPS) is 20.8. The molecule has 0 radical (unpaired) electrons. The number of hydrogen-bond donors (Lipinski definition) is 1. The second kappa shape index (κ2) is 8.93. The fourth-order valence-corrected chi connectivity index (χ4v) is 4.30. The molecule has 3 rings (SSSR count). The molecular weight excluding hydrogens is 366 g/mol. The third-order valence-electron chi connectivity index (χ3n) is 5.61. The first-order valence-electron chi connectivity index (χ1n) is 9.63. The molecule has 0 saturated carbocycles. The van der Waals surface area contributed by atoms with E-state index in [0.29, 0.717) is 35.2 Å². The SMILES string of the molecule is CNCC1CCN(C(=O)C2CCCN2C(=O)c2cc(Cl)ccc2OC)CC1. The molecule has 27 heavy (non-hydrogen) atoms. The van der Waals surface area contributed by atoms with E-state index in [4.69, 9.17) is 16.3 Å². The van der Waals surface area contributed by atoms with Gasteiger partial charge < -0.3 is 19.9 Å². The van der Waals surface area contributed by atoms with Crippen molar-refractivity contribution >= 4 is 23.4 Å². The van der Waals surface area contributed by atoms with E-state index in [1.54, 1.807) is 23.1 Å². The summed E-state index contributed by atoms with van der Waals surface area (Å²) in [6.45, 7) is 3.11. The van der Waals surface area contributed by atoms with Crippen molar-refractivity contribution in [1.29, 1.82) is 0 Å². The topological polar surface area (TPSA) is 61.9 Å². The van der Waals surface area contributed by atoms with E-state index < -0.39 is 0 Å². The Kier molecular flexibility index (Phi) is 6.60. The molecule has 1 unspecified atom stereocenters. The highest BCUT2D eigenvalue weighted by Crippen LogP contribution is 2.29. The molecule has 1 N–H and O–H groups in total. The van der Waals surface area contributed by atoms with Crippen molar-refractivity contribution in [2.45, 2.75) is 31.7 Å². The predicted molar refractivity (Wildman–Crippen MR) is 105 cm³/mol. The molecule has 2 aliphatic heterocycles. The molecule has 1 aromatic carbocycles. The summed E-state index contributed by atoms with van der Waals surface area (Å²) in [6.07, 6.45) is 3.57. The number of hydrogen-bond acceptors (Lipinski definition) is 4. The number of halogens is 1. The molecule has 2 fully saturated rings. The summed E-state index contributed by atoms with van der Waals surface area (Å²) >= 11 is 6.08. The number of likely N-dealkylation sites (tertiary alicyclic amines) is 2. The van der Waals surface area contributed by atoms with E-state index in [-0.39, 0.29) is 17.9 Å². The standard InChI is InChI=1S/C20H28ClN3O3/c1-22-13-14-7-10-23(11-8-14)20(26)17-4-3-9-24(17)19(25)16-12-15(21)5-6-18(16)27-2/h5-6,12,14,17,22H,3-4,7-11,13H2,1-2H3. The van der Waals surface area contributed by atoms with Gasteiger partial charge in [0.15, 0.2) is 0 Å². The lowest BCUT2D eigenvalue weighted by Gasteiger charge is -2.35. The third-order valence-corrected chi connectivity index (χ3v) is 5.84. The molecule has 1 atom stereocenters. The Hall–Kier alpha value is -1.79. The second-order valence-corrected chi connectivity index (χ2v) is 7.76. The lowest BCUT2D eigenvalue weighted by molar-refractivity contribution is -0.136. The highest BCUT2D eigenvalue weighted by Gasteiger charge is 2.38. The minimum Gasteiger partial charge on any atom is -0.496 e. The fraction of sp³-hybridized carbons (Fsp3) is 0.600. The Balaban J connectivity index is 1.71. The third kappa shape index (κ3) is 4.38. The molecule has 2 heterocycles. The number of carbonyl (C=O) groups is 2. The number of nitrogens with zero attached hydrogens (tertiary/aromatic N) is 2. The first-order chi connectivity index (χ1) is 13.0. The smallest absolute Gasteiger partial charge is 0.258 e. The number of methoxy groups -OCH3 is 1. The number of piperidine rings is 1. The highest BCUT2D eigenvalue weighted by molar-refractivity contribution is 6.31. The van der Waals surface area contributed by atoms with Crippen molar-refractivity contribution in [3.05, 3.63) is 28.8 Å². The van der Waals surface area contributed by atoms with Crippen molar-refractivity contribution in [1.82, 2.24) is 15.1 Å². The molecule has 2 amide bonds. The fourth-order valence-electron chi connectivity index (χ4n) is 4.13. The van der Waals surface area contributed by atoms with Crippen LogP contribution in [-0.2, 0) is 4.79 Å². The van der Waals surface area contributed by atoms with Crippen molar-refractivity contribution in [3.63, 3.8) is 0 Å². The molecule has 7 heteroatoms. The van der Waals surface area contributed by atoms with Gasteiger partial charge in [-0.15, -0.1) is 0 Å². The van der Waals surface area contributed by atoms with Gasteiger partial charge in [0.05, 0.1) is 12.7 Å². The maximum atomic E-state index is 13.1. The maximum absolute atomic E-state index is 13.1. The minimum atomic E-state index is -0.387. The second-order valence-electron chi connectivity index (χ2n) is 7.33. The summed E-state index contributed by atoms with van der Waals surface area (Å²) in [5.41, 5.74) is 0.414. The summed E-state index contributed by atoms with van der Waals surface area (Å²) in [4.78, 5) is 29.8. The lowest BCUT2D eigenvalue weighted by atomic mass is 9.96. The zero-order valence-corrected chi connectivity index (χ0v) is 16.8. The molecule has 2 aliphatic rings. The van der Waals surface area contributed by atoms with Gasteiger partial charge in [0, 0.05) is 24.7 Å². The predicted octanol–water partition coefficient (Wildman–Crippen LogP) is 2.41. The van der Waals surface area contributed by atoms with E-state index >= 15 is 0 Å².